The normalized spacial score (nSPS) is 23.0. The Labute approximate surface area is 169 Å². The number of amides is 3. The van der Waals surface area contributed by atoms with E-state index in [0.29, 0.717) is 23.4 Å². The fourth-order valence-corrected chi connectivity index (χ4v) is 4.16. The van der Waals surface area contributed by atoms with Crippen molar-refractivity contribution < 1.29 is 19.1 Å². The van der Waals surface area contributed by atoms with Crippen molar-refractivity contribution in [3.8, 4) is 0 Å². The maximum atomic E-state index is 12.2. The number of nitrogens with zero attached hydrogens (tertiary/aromatic N) is 1. The lowest BCUT2D eigenvalue weighted by atomic mass is 9.98. The second kappa shape index (κ2) is 9.10. The molecule has 2 bridgehead atoms. The van der Waals surface area contributed by atoms with Gasteiger partial charge in [0.2, 0.25) is 5.91 Å². The molecular weight excluding hydrogens is 382 g/mol. The van der Waals surface area contributed by atoms with Gasteiger partial charge in [-0.3, -0.25) is 9.59 Å². The molecule has 3 rings (SSSR count). The Balaban J connectivity index is 1.46. The summed E-state index contributed by atoms with van der Waals surface area (Å²) in [4.78, 5) is 38.3. The van der Waals surface area contributed by atoms with Crippen LogP contribution in [0.3, 0.4) is 0 Å². The van der Waals surface area contributed by atoms with Crippen LogP contribution in [0.1, 0.15) is 36.0 Å². The molecular formula is C20H24ClN3O4. The van der Waals surface area contributed by atoms with Gasteiger partial charge in [0.1, 0.15) is 6.61 Å². The van der Waals surface area contributed by atoms with Gasteiger partial charge < -0.3 is 20.3 Å². The van der Waals surface area contributed by atoms with E-state index in [9.17, 15) is 14.4 Å². The van der Waals surface area contributed by atoms with Crippen LogP contribution in [0.15, 0.2) is 36.9 Å². The SMILES string of the molecule is C=CCOC(=O)N1[C@@H]2CC[C@H]1C[C@H](NC(=O)CNC(=O)c1cccc(Cl)c1)C2. The molecule has 7 nitrogen and oxygen atoms in total. The minimum atomic E-state index is -0.350. The molecule has 2 heterocycles. The molecule has 2 aliphatic rings. The Morgan fingerprint density at radius 3 is 2.61 bits per heavy atom. The van der Waals surface area contributed by atoms with E-state index < -0.39 is 0 Å². The summed E-state index contributed by atoms with van der Waals surface area (Å²) in [7, 11) is 0. The van der Waals surface area contributed by atoms with Gasteiger partial charge in [-0.05, 0) is 43.9 Å². The molecule has 2 aliphatic heterocycles. The van der Waals surface area contributed by atoms with Crippen molar-refractivity contribution in [1.82, 2.24) is 15.5 Å². The molecule has 0 spiro atoms. The standard InChI is InChI=1S/C20H24ClN3O4/c1-2-8-28-20(27)24-16-6-7-17(24)11-15(10-16)23-18(25)12-22-19(26)13-4-3-5-14(21)9-13/h2-5,9,15-17H,1,6-8,10-12H2,(H,22,26)(H,23,25)/t15-,16-,17+. The van der Waals surface area contributed by atoms with E-state index >= 15 is 0 Å². The first-order valence-electron chi connectivity index (χ1n) is 9.37. The number of hydrogen-bond donors (Lipinski definition) is 2. The molecule has 2 N–H and O–H groups in total. The van der Waals surface area contributed by atoms with Crippen molar-refractivity contribution in [1.29, 1.82) is 0 Å². The fraction of sp³-hybridized carbons (Fsp3) is 0.450. The van der Waals surface area contributed by atoms with Gasteiger partial charge in [0, 0.05) is 28.7 Å². The summed E-state index contributed by atoms with van der Waals surface area (Å²) in [6, 6.07) is 6.67. The van der Waals surface area contributed by atoms with Gasteiger partial charge in [-0.25, -0.2) is 4.79 Å². The number of hydrogen-bond acceptors (Lipinski definition) is 4. The van der Waals surface area contributed by atoms with E-state index in [4.69, 9.17) is 16.3 Å². The van der Waals surface area contributed by atoms with Gasteiger partial charge in [0.25, 0.3) is 5.91 Å². The van der Waals surface area contributed by atoms with Crippen LogP contribution in [-0.4, -0.2) is 54.1 Å². The average Bonchev–Trinajstić information content (AvgIpc) is 2.95. The number of rotatable bonds is 6. The van der Waals surface area contributed by atoms with E-state index in [0.717, 1.165) is 12.8 Å². The Morgan fingerprint density at radius 2 is 1.96 bits per heavy atom. The molecule has 2 fully saturated rings. The van der Waals surface area contributed by atoms with E-state index in [2.05, 4.69) is 17.2 Å². The van der Waals surface area contributed by atoms with Crippen LogP contribution >= 0.6 is 11.6 Å². The highest BCUT2D eigenvalue weighted by atomic mass is 35.5. The Hall–Kier alpha value is -2.54. The molecule has 1 aromatic rings. The third-order valence-electron chi connectivity index (χ3n) is 5.13. The molecule has 0 saturated carbocycles. The molecule has 28 heavy (non-hydrogen) atoms. The highest BCUT2D eigenvalue weighted by Crippen LogP contribution is 2.36. The van der Waals surface area contributed by atoms with Crippen molar-refractivity contribution in [3.05, 3.63) is 47.5 Å². The number of halogens is 1. The summed E-state index contributed by atoms with van der Waals surface area (Å²) in [5.41, 5.74) is 0.407. The van der Waals surface area contributed by atoms with Gasteiger partial charge in [-0.1, -0.05) is 30.3 Å². The molecule has 1 aromatic carbocycles. The maximum absolute atomic E-state index is 12.2. The number of fused-ring (bicyclic) bond motifs is 2. The van der Waals surface area contributed by atoms with E-state index in [-0.39, 0.29) is 49.2 Å². The van der Waals surface area contributed by atoms with E-state index in [1.807, 2.05) is 0 Å². The molecule has 3 amide bonds. The van der Waals surface area contributed by atoms with Gasteiger partial charge in [0.05, 0.1) is 6.54 Å². The monoisotopic (exact) mass is 405 g/mol. The second-order valence-corrected chi connectivity index (χ2v) is 7.52. The van der Waals surface area contributed by atoms with Crippen LogP contribution in [0.2, 0.25) is 5.02 Å². The van der Waals surface area contributed by atoms with Crippen LogP contribution in [0.5, 0.6) is 0 Å². The van der Waals surface area contributed by atoms with Crippen molar-refractivity contribution >= 4 is 29.5 Å². The average molecular weight is 406 g/mol. The van der Waals surface area contributed by atoms with Crippen molar-refractivity contribution in [2.24, 2.45) is 0 Å². The largest absolute Gasteiger partial charge is 0.445 e. The predicted octanol–water partition coefficient (Wildman–Crippen LogP) is 2.50. The van der Waals surface area contributed by atoms with Crippen LogP contribution < -0.4 is 10.6 Å². The Bertz CT molecular complexity index is 756. The molecule has 8 heteroatoms. The quantitative estimate of drug-likeness (QED) is 0.712. The minimum Gasteiger partial charge on any atom is -0.445 e. The summed E-state index contributed by atoms with van der Waals surface area (Å²) < 4.78 is 5.17. The third kappa shape index (κ3) is 4.84. The predicted molar refractivity (Wildman–Crippen MR) is 105 cm³/mol. The van der Waals surface area contributed by atoms with Crippen LogP contribution in [0, 0.1) is 0 Å². The first-order valence-corrected chi connectivity index (χ1v) is 9.75. The fourth-order valence-electron chi connectivity index (χ4n) is 3.97. The minimum absolute atomic E-state index is 0.0171. The number of piperidine rings is 1. The maximum Gasteiger partial charge on any atom is 0.410 e. The summed E-state index contributed by atoms with van der Waals surface area (Å²) in [6.07, 6.45) is 4.43. The van der Waals surface area contributed by atoms with Crippen molar-refractivity contribution in [3.63, 3.8) is 0 Å². The zero-order valence-corrected chi connectivity index (χ0v) is 16.3. The summed E-state index contributed by atoms with van der Waals surface area (Å²) in [5, 5.41) is 6.03. The first-order chi connectivity index (χ1) is 13.5. The third-order valence-corrected chi connectivity index (χ3v) is 5.37. The first kappa shape index (κ1) is 20.2. The number of ether oxygens (including phenoxy) is 1. The van der Waals surface area contributed by atoms with Gasteiger partial charge >= 0.3 is 6.09 Å². The Morgan fingerprint density at radius 1 is 1.25 bits per heavy atom. The number of nitrogens with one attached hydrogen (secondary N) is 2. The summed E-state index contributed by atoms with van der Waals surface area (Å²) in [5.74, 6) is -0.597. The highest BCUT2D eigenvalue weighted by Gasteiger charge is 2.44. The zero-order valence-electron chi connectivity index (χ0n) is 15.5. The van der Waals surface area contributed by atoms with Gasteiger partial charge in [-0.2, -0.15) is 0 Å². The number of carbonyl (C=O) groups excluding carboxylic acids is 3. The zero-order chi connectivity index (χ0) is 20.1. The topological polar surface area (TPSA) is 87.7 Å². The molecule has 150 valence electrons. The molecule has 2 saturated heterocycles. The van der Waals surface area contributed by atoms with E-state index in [1.165, 1.54) is 0 Å². The molecule has 0 unspecified atom stereocenters. The molecule has 0 aromatic heterocycles. The van der Waals surface area contributed by atoms with Crippen molar-refractivity contribution in [2.45, 2.75) is 43.8 Å². The van der Waals surface area contributed by atoms with Gasteiger partial charge in [-0.15, -0.1) is 0 Å². The lowest BCUT2D eigenvalue weighted by Crippen LogP contribution is -2.53. The summed E-state index contributed by atoms with van der Waals surface area (Å²) in [6.45, 7) is 3.64. The smallest absolute Gasteiger partial charge is 0.410 e. The van der Waals surface area contributed by atoms with Gasteiger partial charge in [0.15, 0.2) is 0 Å². The van der Waals surface area contributed by atoms with Crippen molar-refractivity contribution in [2.75, 3.05) is 13.2 Å². The highest BCUT2D eigenvalue weighted by molar-refractivity contribution is 6.30. The number of carbonyl (C=O) groups is 3. The summed E-state index contributed by atoms with van der Waals surface area (Å²) >= 11 is 5.87. The molecule has 0 radical (unpaired) electrons. The Kier molecular flexibility index (Phi) is 6.57. The van der Waals surface area contributed by atoms with E-state index in [1.54, 1.807) is 35.2 Å². The lowest BCUT2D eigenvalue weighted by Gasteiger charge is -2.38. The second-order valence-electron chi connectivity index (χ2n) is 7.09. The number of benzene rings is 1. The lowest BCUT2D eigenvalue weighted by molar-refractivity contribution is -0.121. The van der Waals surface area contributed by atoms with Crippen LogP contribution in [0.4, 0.5) is 4.79 Å². The van der Waals surface area contributed by atoms with Crippen LogP contribution in [-0.2, 0) is 9.53 Å². The molecule has 0 aliphatic carbocycles. The molecule has 3 atom stereocenters. The van der Waals surface area contributed by atoms with Crippen LogP contribution in [0.25, 0.3) is 0 Å².